The molecule has 0 radical (unpaired) electrons. The van der Waals surface area contributed by atoms with E-state index in [1.165, 1.54) is 22.0 Å². The number of alkyl halides is 3. The molecular formula is C25H17F3N2OS2. The molecular weight excluding hydrogens is 465 g/mol. The van der Waals surface area contributed by atoms with Gasteiger partial charge in [0.05, 0.1) is 27.9 Å². The monoisotopic (exact) mass is 482 g/mol. The highest BCUT2D eigenvalue weighted by molar-refractivity contribution is 7.73. The Balaban J connectivity index is 1.85. The summed E-state index contributed by atoms with van der Waals surface area (Å²) in [4.78, 5) is 14.4. The lowest BCUT2D eigenvalue weighted by molar-refractivity contribution is -0.137. The van der Waals surface area contributed by atoms with Crippen LogP contribution in [-0.4, -0.2) is 8.97 Å². The summed E-state index contributed by atoms with van der Waals surface area (Å²) >= 11 is 7.07. The fourth-order valence-corrected chi connectivity index (χ4v) is 5.49. The lowest BCUT2D eigenvalue weighted by Crippen LogP contribution is -2.24. The highest BCUT2D eigenvalue weighted by Gasteiger charge is 2.30. The molecule has 5 rings (SSSR count). The maximum absolute atomic E-state index is 13.6. The minimum absolute atomic E-state index is 0.0125. The number of benzene rings is 3. The third-order valence-corrected chi connectivity index (χ3v) is 6.95. The van der Waals surface area contributed by atoms with Gasteiger partial charge in [-0.05, 0) is 54.5 Å². The SMILES string of the molecule is Cc1cccc(-c2sc(=S)n3c4ccccc4c(=O)n(Cc4cccc(C(F)(F)F)c4)c23)c1. The van der Waals surface area contributed by atoms with Gasteiger partial charge in [0.2, 0.25) is 0 Å². The summed E-state index contributed by atoms with van der Waals surface area (Å²) in [6.07, 6.45) is -4.46. The summed E-state index contributed by atoms with van der Waals surface area (Å²) < 4.78 is 43.8. The van der Waals surface area contributed by atoms with Gasteiger partial charge < -0.3 is 0 Å². The molecule has 0 aliphatic rings. The van der Waals surface area contributed by atoms with Crippen LogP contribution in [0.1, 0.15) is 16.7 Å². The van der Waals surface area contributed by atoms with Gasteiger partial charge >= 0.3 is 6.18 Å². The van der Waals surface area contributed by atoms with E-state index in [9.17, 15) is 18.0 Å². The van der Waals surface area contributed by atoms with Crippen LogP contribution in [0.2, 0.25) is 0 Å². The Morgan fingerprint density at radius 2 is 1.73 bits per heavy atom. The van der Waals surface area contributed by atoms with Crippen molar-refractivity contribution in [2.24, 2.45) is 0 Å². The number of halogens is 3. The second-order valence-corrected chi connectivity index (χ2v) is 9.48. The lowest BCUT2D eigenvalue weighted by Gasteiger charge is -2.15. The average Bonchev–Trinajstić information content (AvgIpc) is 3.13. The summed E-state index contributed by atoms with van der Waals surface area (Å²) in [6, 6.07) is 20.1. The first-order valence-corrected chi connectivity index (χ1v) is 11.4. The molecule has 0 bridgehead atoms. The summed E-state index contributed by atoms with van der Waals surface area (Å²) in [5.41, 5.74) is 2.58. The molecule has 0 amide bonds. The largest absolute Gasteiger partial charge is 0.416 e. The van der Waals surface area contributed by atoms with E-state index in [0.717, 1.165) is 28.1 Å². The van der Waals surface area contributed by atoms with Crippen molar-refractivity contribution in [2.75, 3.05) is 0 Å². The molecule has 0 saturated carbocycles. The topological polar surface area (TPSA) is 26.4 Å². The molecule has 3 aromatic carbocycles. The molecule has 8 heteroatoms. The van der Waals surface area contributed by atoms with Crippen LogP contribution in [0.25, 0.3) is 27.0 Å². The Morgan fingerprint density at radius 1 is 0.970 bits per heavy atom. The smallest absolute Gasteiger partial charge is 0.288 e. The van der Waals surface area contributed by atoms with E-state index < -0.39 is 11.7 Å². The van der Waals surface area contributed by atoms with Crippen LogP contribution in [-0.2, 0) is 12.7 Å². The molecule has 0 aliphatic heterocycles. The first kappa shape index (κ1) is 21.6. The van der Waals surface area contributed by atoms with E-state index in [2.05, 4.69) is 0 Å². The van der Waals surface area contributed by atoms with E-state index in [1.807, 2.05) is 47.7 Å². The zero-order chi connectivity index (χ0) is 23.3. The number of rotatable bonds is 3. The van der Waals surface area contributed by atoms with Crippen molar-refractivity contribution in [2.45, 2.75) is 19.6 Å². The second kappa shape index (κ2) is 7.97. The second-order valence-electron chi connectivity index (χ2n) is 7.83. The number of aryl methyl sites for hydroxylation is 1. The molecule has 0 spiro atoms. The quantitative estimate of drug-likeness (QED) is 0.257. The highest BCUT2D eigenvalue weighted by atomic mass is 32.1. The van der Waals surface area contributed by atoms with E-state index >= 15 is 0 Å². The molecule has 0 aliphatic carbocycles. The van der Waals surface area contributed by atoms with Gasteiger partial charge in [0.15, 0.2) is 3.95 Å². The highest BCUT2D eigenvalue weighted by Crippen LogP contribution is 2.34. The minimum atomic E-state index is -4.46. The van der Waals surface area contributed by atoms with Gasteiger partial charge in [-0.1, -0.05) is 54.1 Å². The van der Waals surface area contributed by atoms with Crippen LogP contribution in [0.4, 0.5) is 13.2 Å². The molecule has 0 N–H and O–H groups in total. The molecule has 166 valence electrons. The Morgan fingerprint density at radius 3 is 2.48 bits per heavy atom. The summed E-state index contributed by atoms with van der Waals surface area (Å²) in [7, 11) is 0. The first-order chi connectivity index (χ1) is 15.7. The van der Waals surface area contributed by atoms with Crippen LogP contribution in [0.15, 0.2) is 77.6 Å². The van der Waals surface area contributed by atoms with E-state index in [-0.39, 0.29) is 12.1 Å². The van der Waals surface area contributed by atoms with Gasteiger partial charge in [-0.15, -0.1) is 11.3 Å². The number of fused-ring (bicyclic) bond motifs is 3. The van der Waals surface area contributed by atoms with Crippen molar-refractivity contribution in [3.05, 3.63) is 104 Å². The van der Waals surface area contributed by atoms with Crippen LogP contribution >= 0.6 is 23.6 Å². The minimum Gasteiger partial charge on any atom is -0.288 e. The van der Waals surface area contributed by atoms with Gasteiger partial charge in [-0.3, -0.25) is 13.8 Å². The molecule has 0 saturated heterocycles. The fourth-order valence-electron chi connectivity index (χ4n) is 4.06. The van der Waals surface area contributed by atoms with Crippen molar-refractivity contribution < 1.29 is 13.2 Å². The van der Waals surface area contributed by atoms with E-state index in [0.29, 0.717) is 26.1 Å². The van der Waals surface area contributed by atoms with Gasteiger partial charge in [0.1, 0.15) is 5.65 Å². The normalized spacial score (nSPS) is 12.0. The van der Waals surface area contributed by atoms with Gasteiger partial charge in [-0.25, -0.2) is 0 Å². The molecule has 2 heterocycles. The van der Waals surface area contributed by atoms with Crippen LogP contribution in [0, 0.1) is 10.9 Å². The molecule has 5 aromatic rings. The predicted molar refractivity (Wildman–Crippen MR) is 129 cm³/mol. The Kier molecular flexibility index (Phi) is 5.22. The number of para-hydroxylation sites is 1. The molecule has 0 atom stereocenters. The number of hydrogen-bond donors (Lipinski definition) is 0. The first-order valence-electron chi connectivity index (χ1n) is 10.1. The maximum Gasteiger partial charge on any atom is 0.416 e. The number of thiazole rings is 1. The van der Waals surface area contributed by atoms with Crippen molar-refractivity contribution >= 4 is 40.1 Å². The number of aromatic nitrogens is 2. The van der Waals surface area contributed by atoms with Crippen LogP contribution in [0.3, 0.4) is 0 Å². The summed E-state index contributed by atoms with van der Waals surface area (Å²) in [5.74, 6) is 0. The van der Waals surface area contributed by atoms with E-state index in [1.54, 1.807) is 18.2 Å². The van der Waals surface area contributed by atoms with Gasteiger partial charge in [0, 0.05) is 0 Å². The Hall–Kier alpha value is -3.23. The third kappa shape index (κ3) is 3.79. The van der Waals surface area contributed by atoms with Crippen LogP contribution < -0.4 is 5.56 Å². The number of hydrogen-bond acceptors (Lipinski definition) is 3. The van der Waals surface area contributed by atoms with Crippen molar-refractivity contribution in [1.82, 2.24) is 8.97 Å². The van der Waals surface area contributed by atoms with Crippen molar-refractivity contribution in [1.29, 1.82) is 0 Å². The zero-order valence-electron chi connectivity index (χ0n) is 17.4. The lowest BCUT2D eigenvalue weighted by atomic mass is 10.1. The molecule has 0 fully saturated rings. The number of nitrogens with zero attached hydrogens (tertiary/aromatic N) is 2. The third-order valence-electron chi connectivity index (χ3n) is 5.54. The van der Waals surface area contributed by atoms with Crippen LogP contribution in [0.5, 0.6) is 0 Å². The average molecular weight is 483 g/mol. The van der Waals surface area contributed by atoms with Crippen molar-refractivity contribution in [3.8, 4) is 10.4 Å². The van der Waals surface area contributed by atoms with Gasteiger partial charge in [0.25, 0.3) is 5.56 Å². The Bertz CT molecular complexity index is 1640. The summed E-state index contributed by atoms with van der Waals surface area (Å²) in [5, 5.41) is 0.460. The van der Waals surface area contributed by atoms with Gasteiger partial charge in [-0.2, -0.15) is 13.2 Å². The maximum atomic E-state index is 13.6. The fraction of sp³-hybridized carbons (Fsp3) is 0.120. The molecule has 33 heavy (non-hydrogen) atoms. The predicted octanol–water partition coefficient (Wildman–Crippen LogP) is 7.09. The summed E-state index contributed by atoms with van der Waals surface area (Å²) in [6.45, 7) is 1.97. The van der Waals surface area contributed by atoms with Crippen molar-refractivity contribution in [3.63, 3.8) is 0 Å². The molecule has 2 aromatic heterocycles. The zero-order valence-corrected chi connectivity index (χ0v) is 19.0. The standard InChI is InChI=1S/C25H17F3N2OS2/c1-15-6-4-8-17(12-15)21-22-29(14-16-7-5-9-18(13-16)25(26,27)28)23(31)19-10-2-3-11-20(19)30(22)24(32)33-21/h2-13H,14H2,1H3. The Labute approximate surface area is 196 Å². The van der Waals surface area contributed by atoms with E-state index in [4.69, 9.17) is 12.2 Å². The molecule has 0 unspecified atom stereocenters. The molecule has 3 nitrogen and oxygen atoms in total.